The van der Waals surface area contributed by atoms with Crippen molar-refractivity contribution in [2.75, 3.05) is 4.90 Å². The fraction of sp³-hybridized carbons (Fsp3) is 0.0893. The Hall–Kier alpha value is -7.43. The minimum atomic E-state index is -0.488. The molecule has 0 amide bonds. The molecule has 1 aliphatic heterocycles. The molecule has 288 valence electrons. The topological polar surface area (TPSA) is 41.9 Å². The first-order valence-corrected chi connectivity index (χ1v) is 20.7. The zero-order valence-corrected chi connectivity index (χ0v) is 34.0. The molecule has 4 heteroatoms. The number of nitrogens with zero attached hydrogens (tertiary/aromatic N) is 4. The van der Waals surface area contributed by atoms with E-state index in [2.05, 4.69) is 189 Å². The third-order valence-electron chi connectivity index (χ3n) is 12.1. The zero-order chi connectivity index (χ0) is 40.6. The Bertz CT molecular complexity index is 2870. The lowest BCUT2D eigenvalue weighted by atomic mass is 9.62. The van der Waals surface area contributed by atoms with Crippen molar-refractivity contribution in [3.8, 4) is 45.3 Å². The zero-order valence-electron chi connectivity index (χ0n) is 34.0. The van der Waals surface area contributed by atoms with Crippen LogP contribution in [0.5, 0.6) is 0 Å². The van der Waals surface area contributed by atoms with E-state index in [1.807, 2.05) is 36.4 Å². The maximum atomic E-state index is 5.09. The molecule has 4 nitrogen and oxygen atoms in total. The average Bonchev–Trinajstić information content (AvgIpc) is 3.30. The number of rotatable bonds is 8. The molecule has 8 aromatic carbocycles. The summed E-state index contributed by atoms with van der Waals surface area (Å²) >= 11 is 0. The number of fused-ring (bicyclic) bond motifs is 2. The predicted octanol–water partition coefficient (Wildman–Crippen LogP) is 13.8. The minimum Gasteiger partial charge on any atom is -0.309 e. The molecule has 0 N–H and O–H groups in total. The van der Waals surface area contributed by atoms with Crippen LogP contribution in [0.2, 0.25) is 0 Å². The van der Waals surface area contributed by atoms with Crippen LogP contribution in [0.4, 0.5) is 17.1 Å². The van der Waals surface area contributed by atoms with E-state index in [1.165, 1.54) is 50.3 Å². The molecule has 0 spiro atoms. The molecule has 1 aromatic heterocycles. The van der Waals surface area contributed by atoms with E-state index in [9.17, 15) is 0 Å². The molecule has 9 aromatic rings. The number of benzene rings is 8. The Morgan fingerprint density at radius 1 is 0.400 bits per heavy atom. The summed E-state index contributed by atoms with van der Waals surface area (Å²) in [6, 6.07) is 71.7. The first-order chi connectivity index (χ1) is 29.5. The standard InChI is InChI=1S/C56H44N4/c1-38-21-13-15-29-46(38)47-30-16-14-26-43(47)37-56(45-27-11-6-12-28-45)48-31-17-19-33-50(48)60(51-34-20-18-32-49(51)56)52-39(2)35-44(36-40(52)3)55-58-53(41-22-7-4-8-23-41)57-54(59-55)42-24-9-5-10-25-42/h4-36H,37H2,1-3H3. The average molecular weight is 773 g/mol. The molecular formula is C56H44N4. The molecule has 60 heavy (non-hydrogen) atoms. The second-order valence-electron chi connectivity index (χ2n) is 15.8. The molecule has 0 saturated heterocycles. The molecule has 1 aliphatic rings. The summed E-state index contributed by atoms with van der Waals surface area (Å²) in [6.07, 6.45) is 0.785. The van der Waals surface area contributed by atoms with Gasteiger partial charge in [-0.05, 0) is 102 Å². The molecule has 0 radical (unpaired) electrons. The summed E-state index contributed by atoms with van der Waals surface area (Å²) in [5.41, 5.74) is 17.1. The van der Waals surface area contributed by atoms with E-state index < -0.39 is 5.41 Å². The fourth-order valence-corrected chi connectivity index (χ4v) is 9.37. The summed E-state index contributed by atoms with van der Waals surface area (Å²) in [5.74, 6) is 1.95. The highest BCUT2D eigenvalue weighted by Gasteiger charge is 2.45. The van der Waals surface area contributed by atoms with Gasteiger partial charge in [-0.1, -0.05) is 176 Å². The number of hydrogen-bond acceptors (Lipinski definition) is 4. The number of aromatic nitrogens is 3. The first kappa shape index (κ1) is 36.9. The molecule has 0 aliphatic carbocycles. The van der Waals surface area contributed by atoms with Crippen molar-refractivity contribution in [3.63, 3.8) is 0 Å². The van der Waals surface area contributed by atoms with E-state index in [0.29, 0.717) is 17.5 Å². The summed E-state index contributed by atoms with van der Waals surface area (Å²) < 4.78 is 0. The van der Waals surface area contributed by atoms with Crippen molar-refractivity contribution in [3.05, 3.63) is 239 Å². The van der Waals surface area contributed by atoms with Gasteiger partial charge >= 0.3 is 0 Å². The fourth-order valence-electron chi connectivity index (χ4n) is 9.37. The number of aryl methyl sites for hydroxylation is 3. The highest BCUT2D eigenvalue weighted by atomic mass is 15.2. The number of hydrogen-bond donors (Lipinski definition) is 0. The van der Waals surface area contributed by atoms with Crippen LogP contribution in [0.1, 0.15) is 38.9 Å². The Labute approximate surface area is 352 Å². The van der Waals surface area contributed by atoms with Crippen molar-refractivity contribution < 1.29 is 0 Å². The number of para-hydroxylation sites is 2. The Balaban J connectivity index is 1.16. The van der Waals surface area contributed by atoms with Crippen molar-refractivity contribution in [1.82, 2.24) is 15.0 Å². The monoisotopic (exact) mass is 772 g/mol. The normalized spacial score (nSPS) is 12.8. The van der Waals surface area contributed by atoms with Gasteiger partial charge in [0.25, 0.3) is 0 Å². The Kier molecular flexibility index (Phi) is 9.46. The smallest absolute Gasteiger partial charge is 0.164 e. The molecule has 0 bridgehead atoms. The number of anilines is 3. The van der Waals surface area contributed by atoms with Crippen LogP contribution in [0.3, 0.4) is 0 Å². The van der Waals surface area contributed by atoms with Crippen molar-refractivity contribution in [2.45, 2.75) is 32.6 Å². The largest absolute Gasteiger partial charge is 0.309 e. The van der Waals surface area contributed by atoms with Crippen LogP contribution in [-0.4, -0.2) is 15.0 Å². The van der Waals surface area contributed by atoms with Gasteiger partial charge in [-0.3, -0.25) is 0 Å². The molecule has 0 saturated carbocycles. The molecule has 0 atom stereocenters. The lowest BCUT2D eigenvalue weighted by molar-refractivity contribution is 0.606. The summed E-state index contributed by atoms with van der Waals surface area (Å²) in [7, 11) is 0. The van der Waals surface area contributed by atoms with Crippen LogP contribution in [0.25, 0.3) is 45.3 Å². The van der Waals surface area contributed by atoms with Crippen LogP contribution in [0, 0.1) is 20.8 Å². The van der Waals surface area contributed by atoms with Crippen molar-refractivity contribution in [1.29, 1.82) is 0 Å². The molecule has 0 fully saturated rings. The highest BCUT2D eigenvalue weighted by Crippen LogP contribution is 2.57. The molecule has 2 heterocycles. The maximum Gasteiger partial charge on any atom is 0.164 e. The Morgan fingerprint density at radius 2 is 0.833 bits per heavy atom. The van der Waals surface area contributed by atoms with Gasteiger partial charge in [-0.2, -0.15) is 0 Å². The third-order valence-corrected chi connectivity index (χ3v) is 12.1. The van der Waals surface area contributed by atoms with Gasteiger partial charge in [0.1, 0.15) is 0 Å². The molecule has 10 rings (SSSR count). The van der Waals surface area contributed by atoms with Gasteiger partial charge in [0.15, 0.2) is 17.5 Å². The summed E-state index contributed by atoms with van der Waals surface area (Å²) in [4.78, 5) is 17.6. The van der Waals surface area contributed by atoms with Gasteiger partial charge in [0, 0.05) is 16.7 Å². The van der Waals surface area contributed by atoms with Gasteiger partial charge in [0.05, 0.1) is 22.5 Å². The van der Waals surface area contributed by atoms with Crippen LogP contribution >= 0.6 is 0 Å². The molecule has 0 unspecified atom stereocenters. The summed E-state index contributed by atoms with van der Waals surface area (Å²) in [5, 5.41) is 0. The van der Waals surface area contributed by atoms with Gasteiger partial charge in [-0.15, -0.1) is 0 Å². The van der Waals surface area contributed by atoms with E-state index in [4.69, 9.17) is 15.0 Å². The van der Waals surface area contributed by atoms with Crippen LogP contribution < -0.4 is 4.90 Å². The van der Waals surface area contributed by atoms with E-state index in [0.717, 1.165) is 39.9 Å². The van der Waals surface area contributed by atoms with Gasteiger partial charge < -0.3 is 4.90 Å². The Morgan fingerprint density at radius 3 is 1.38 bits per heavy atom. The third kappa shape index (κ3) is 6.38. The quantitative estimate of drug-likeness (QED) is 0.154. The van der Waals surface area contributed by atoms with Gasteiger partial charge in [-0.25, -0.2) is 15.0 Å². The van der Waals surface area contributed by atoms with E-state index >= 15 is 0 Å². The molecular weight excluding hydrogens is 729 g/mol. The summed E-state index contributed by atoms with van der Waals surface area (Å²) in [6.45, 7) is 6.64. The first-order valence-electron chi connectivity index (χ1n) is 20.7. The van der Waals surface area contributed by atoms with E-state index in [1.54, 1.807) is 0 Å². The lowest BCUT2D eigenvalue weighted by Crippen LogP contribution is -2.39. The lowest BCUT2D eigenvalue weighted by Gasteiger charge is -2.47. The van der Waals surface area contributed by atoms with Crippen LogP contribution in [0.15, 0.2) is 200 Å². The van der Waals surface area contributed by atoms with E-state index in [-0.39, 0.29) is 0 Å². The highest BCUT2D eigenvalue weighted by molar-refractivity contribution is 5.91. The van der Waals surface area contributed by atoms with Crippen molar-refractivity contribution in [2.24, 2.45) is 0 Å². The minimum absolute atomic E-state index is 0.488. The predicted molar refractivity (Wildman–Crippen MR) is 247 cm³/mol. The second-order valence-corrected chi connectivity index (χ2v) is 15.8. The second kappa shape index (κ2) is 15.4. The van der Waals surface area contributed by atoms with Crippen LogP contribution in [-0.2, 0) is 11.8 Å². The van der Waals surface area contributed by atoms with Crippen molar-refractivity contribution >= 4 is 17.1 Å². The SMILES string of the molecule is Cc1ccccc1-c1ccccc1CC1(c2ccccc2)c2ccccc2N(c2c(C)cc(-c3nc(-c4ccccc4)nc(-c4ccccc4)n3)cc2C)c2ccccc21. The maximum absolute atomic E-state index is 5.09. The van der Waals surface area contributed by atoms with Gasteiger partial charge in [0.2, 0.25) is 0 Å².